The fraction of sp³-hybridized carbons (Fsp3) is 0.364. The summed E-state index contributed by atoms with van der Waals surface area (Å²) in [7, 11) is 0. The van der Waals surface area contributed by atoms with Crippen LogP contribution in [0, 0.1) is 11.6 Å². The van der Waals surface area contributed by atoms with E-state index >= 15 is 0 Å². The van der Waals surface area contributed by atoms with E-state index in [-0.39, 0.29) is 28.5 Å². The van der Waals surface area contributed by atoms with Gasteiger partial charge in [0.2, 0.25) is 0 Å². The molecule has 0 aromatic heterocycles. The van der Waals surface area contributed by atoms with E-state index in [0.29, 0.717) is 17.5 Å². The van der Waals surface area contributed by atoms with Gasteiger partial charge in [-0.1, -0.05) is 51.1 Å². The maximum absolute atomic E-state index is 14.7. The van der Waals surface area contributed by atoms with Crippen LogP contribution in [0.5, 0.6) is 0 Å². The lowest BCUT2D eigenvalue weighted by molar-refractivity contribution is 0.481. The van der Waals surface area contributed by atoms with Gasteiger partial charge in [0.15, 0.2) is 0 Å². The first-order valence-corrected chi connectivity index (χ1v) is 9.49. The second-order valence-corrected chi connectivity index (χ2v) is 6.81. The highest BCUT2D eigenvalue weighted by molar-refractivity contribution is 6.30. The van der Waals surface area contributed by atoms with Gasteiger partial charge in [0.05, 0.1) is 5.02 Å². The molecule has 0 aliphatic carbocycles. The highest BCUT2D eigenvalue weighted by atomic mass is 35.5. The number of benzene rings is 2. The lowest BCUT2D eigenvalue weighted by atomic mass is 9.77. The number of rotatable bonds is 8. The molecule has 0 spiro atoms. The van der Waals surface area contributed by atoms with Crippen molar-refractivity contribution in [2.24, 2.45) is 0 Å². The summed E-state index contributed by atoms with van der Waals surface area (Å²) in [5, 5.41) is 3.24. The summed E-state index contributed by atoms with van der Waals surface area (Å²) in [6.07, 6.45) is 3.67. The first-order chi connectivity index (χ1) is 12.5. The van der Waals surface area contributed by atoms with Crippen molar-refractivity contribution in [3.05, 3.63) is 76.5 Å². The maximum Gasteiger partial charge on any atom is 0.145 e. The first-order valence-electron chi connectivity index (χ1n) is 9.11. The molecule has 2 aromatic carbocycles. The lowest BCUT2D eigenvalue weighted by Gasteiger charge is -2.29. The molecule has 4 heteroatoms. The topological polar surface area (TPSA) is 12.0 Å². The average molecular weight is 378 g/mol. The third-order valence-electron chi connectivity index (χ3n) is 5.00. The molecule has 0 radical (unpaired) electrons. The fourth-order valence-corrected chi connectivity index (χ4v) is 3.88. The Balaban J connectivity index is 2.60. The van der Waals surface area contributed by atoms with E-state index in [1.807, 2.05) is 26.8 Å². The molecule has 1 nitrogen and oxygen atoms in total. The molecule has 0 saturated carbocycles. The van der Waals surface area contributed by atoms with Crippen LogP contribution in [0.25, 0.3) is 0 Å². The number of aryl methyl sites for hydroxylation is 1. The van der Waals surface area contributed by atoms with Crippen LogP contribution in [0.15, 0.2) is 43.1 Å². The van der Waals surface area contributed by atoms with Crippen molar-refractivity contribution in [2.75, 3.05) is 5.32 Å². The van der Waals surface area contributed by atoms with E-state index in [0.717, 1.165) is 24.1 Å². The second-order valence-electron chi connectivity index (χ2n) is 6.41. The predicted octanol–water partition coefficient (Wildman–Crippen LogP) is 7.42. The minimum atomic E-state index is -0.386. The number of hydrogen-bond donors (Lipinski definition) is 1. The Labute approximate surface area is 160 Å². The minimum Gasteiger partial charge on any atom is -0.362 e. The Kier molecular flexibility index (Phi) is 7.22. The molecule has 26 heavy (non-hydrogen) atoms. The first kappa shape index (κ1) is 20.4. The smallest absolute Gasteiger partial charge is 0.145 e. The normalized spacial score (nSPS) is 13.3. The second kappa shape index (κ2) is 9.18. The van der Waals surface area contributed by atoms with Crippen molar-refractivity contribution in [3.63, 3.8) is 0 Å². The number of nitrogens with one attached hydrogen (secondary N) is 1. The molecule has 0 bridgehead atoms. The lowest BCUT2D eigenvalue weighted by Crippen LogP contribution is -2.14. The molecule has 0 heterocycles. The summed E-state index contributed by atoms with van der Waals surface area (Å²) in [6, 6.07) is 8.50. The van der Waals surface area contributed by atoms with Gasteiger partial charge in [0.1, 0.15) is 11.6 Å². The molecule has 0 fully saturated rings. The molecule has 2 rings (SSSR count). The standard InChI is InChI=1S/C22H26ClF2N/c1-5-14-12-21(26-8-4)18(13-20(14)24)16(7-3)15(6-2)17-10-9-11-19(23)22(17)25/h8-13,15-16,26H,4-7H2,1-3H3/t15-,16+/m0/s1. The summed E-state index contributed by atoms with van der Waals surface area (Å²) >= 11 is 5.99. The van der Waals surface area contributed by atoms with Gasteiger partial charge in [-0.05, 0) is 72.2 Å². The van der Waals surface area contributed by atoms with Crippen molar-refractivity contribution < 1.29 is 8.78 Å². The van der Waals surface area contributed by atoms with E-state index in [1.54, 1.807) is 30.5 Å². The largest absolute Gasteiger partial charge is 0.362 e. The van der Waals surface area contributed by atoms with Crippen LogP contribution >= 0.6 is 11.6 Å². The zero-order valence-corrected chi connectivity index (χ0v) is 16.3. The van der Waals surface area contributed by atoms with Crippen LogP contribution in [0.3, 0.4) is 0 Å². The molecule has 2 aromatic rings. The molecule has 2 atom stereocenters. The third kappa shape index (κ3) is 4.09. The van der Waals surface area contributed by atoms with Gasteiger partial charge >= 0.3 is 0 Å². The van der Waals surface area contributed by atoms with Gasteiger partial charge in [-0.25, -0.2) is 8.78 Å². The van der Waals surface area contributed by atoms with Gasteiger partial charge in [-0.15, -0.1) is 0 Å². The quantitative estimate of drug-likeness (QED) is 0.504. The van der Waals surface area contributed by atoms with Crippen molar-refractivity contribution in [1.29, 1.82) is 0 Å². The zero-order chi connectivity index (χ0) is 19.3. The summed E-state index contributed by atoms with van der Waals surface area (Å²) in [5.74, 6) is -0.757. The van der Waals surface area contributed by atoms with E-state index in [4.69, 9.17) is 11.6 Å². The van der Waals surface area contributed by atoms with E-state index < -0.39 is 0 Å². The highest BCUT2D eigenvalue weighted by Gasteiger charge is 2.28. The van der Waals surface area contributed by atoms with Crippen LogP contribution in [0.2, 0.25) is 5.02 Å². The van der Waals surface area contributed by atoms with E-state index in [9.17, 15) is 8.78 Å². The average Bonchev–Trinajstić information content (AvgIpc) is 2.64. The molecule has 140 valence electrons. The molecule has 0 saturated heterocycles. The Bertz CT molecular complexity index is 773. The number of anilines is 1. The number of halogens is 3. The number of hydrogen-bond acceptors (Lipinski definition) is 1. The highest BCUT2D eigenvalue weighted by Crippen LogP contribution is 2.43. The van der Waals surface area contributed by atoms with Gasteiger partial charge in [-0.3, -0.25) is 0 Å². The van der Waals surface area contributed by atoms with Crippen LogP contribution in [0.4, 0.5) is 14.5 Å². The van der Waals surface area contributed by atoms with Crippen molar-refractivity contribution >= 4 is 17.3 Å². The molecule has 0 amide bonds. The molecular formula is C22H26ClF2N. The van der Waals surface area contributed by atoms with Crippen LogP contribution in [-0.4, -0.2) is 0 Å². The van der Waals surface area contributed by atoms with E-state index in [1.165, 1.54) is 0 Å². The summed E-state index contributed by atoms with van der Waals surface area (Å²) in [5.41, 5.74) is 2.89. The maximum atomic E-state index is 14.7. The summed E-state index contributed by atoms with van der Waals surface area (Å²) in [4.78, 5) is 0. The molecule has 0 aliphatic rings. The minimum absolute atomic E-state index is 0.0455. The summed E-state index contributed by atoms with van der Waals surface area (Å²) < 4.78 is 29.2. The SMILES string of the molecule is C=CNc1cc(CC)c(F)cc1[C@H](CC)[C@H](CC)c1cccc(Cl)c1F. The molecule has 1 N–H and O–H groups in total. The zero-order valence-electron chi connectivity index (χ0n) is 15.6. The van der Waals surface area contributed by atoms with E-state index in [2.05, 4.69) is 11.9 Å². The van der Waals surface area contributed by atoms with Gasteiger partial charge in [-0.2, -0.15) is 0 Å². The van der Waals surface area contributed by atoms with Crippen LogP contribution in [-0.2, 0) is 6.42 Å². The molecular weight excluding hydrogens is 352 g/mol. The van der Waals surface area contributed by atoms with Crippen molar-refractivity contribution in [3.8, 4) is 0 Å². The predicted molar refractivity (Wildman–Crippen MR) is 107 cm³/mol. The molecule has 0 aliphatic heterocycles. The fourth-order valence-electron chi connectivity index (χ4n) is 3.70. The Morgan fingerprint density at radius 3 is 2.31 bits per heavy atom. The third-order valence-corrected chi connectivity index (χ3v) is 5.29. The molecule has 0 unspecified atom stereocenters. The van der Waals surface area contributed by atoms with Gasteiger partial charge < -0.3 is 5.32 Å². The van der Waals surface area contributed by atoms with Crippen LogP contribution < -0.4 is 5.32 Å². The van der Waals surface area contributed by atoms with Gasteiger partial charge in [0, 0.05) is 5.69 Å². The van der Waals surface area contributed by atoms with Crippen molar-refractivity contribution in [2.45, 2.75) is 51.9 Å². The van der Waals surface area contributed by atoms with Gasteiger partial charge in [0.25, 0.3) is 0 Å². The Morgan fingerprint density at radius 2 is 1.73 bits per heavy atom. The van der Waals surface area contributed by atoms with Crippen molar-refractivity contribution in [1.82, 2.24) is 0 Å². The summed E-state index contributed by atoms with van der Waals surface area (Å²) in [6.45, 7) is 9.71. The Hall–Kier alpha value is -1.87. The van der Waals surface area contributed by atoms with Crippen LogP contribution in [0.1, 0.15) is 62.1 Å². The Morgan fingerprint density at radius 1 is 1.08 bits per heavy atom. The monoisotopic (exact) mass is 377 g/mol.